The van der Waals surface area contributed by atoms with Crippen LogP contribution in [0.25, 0.3) is 0 Å². The van der Waals surface area contributed by atoms with Gasteiger partial charge in [0.1, 0.15) is 6.07 Å². The third-order valence-electron chi connectivity index (χ3n) is 1.94. The molecule has 0 saturated heterocycles. The van der Waals surface area contributed by atoms with Gasteiger partial charge in [-0.25, -0.2) is 9.89 Å². The van der Waals surface area contributed by atoms with Crippen LogP contribution in [0.2, 0.25) is 0 Å². The van der Waals surface area contributed by atoms with Crippen LogP contribution in [0.15, 0.2) is 33.3 Å². The summed E-state index contributed by atoms with van der Waals surface area (Å²) in [5.41, 5.74) is 0.223. The van der Waals surface area contributed by atoms with E-state index in [0.29, 0.717) is 15.6 Å². The summed E-state index contributed by atoms with van der Waals surface area (Å²) in [5, 5.41) is 15.5. The molecule has 2 aromatic rings. The standard InChI is InChI=1S/C9H7N5OS/c1-14-8(15)12-13-9(14)16-7-5-11-3-2-6(7)4-10/h2-3,5H,1H3,(H,12,15). The minimum Gasteiger partial charge on any atom is -0.273 e. The maximum atomic E-state index is 11.1. The molecule has 0 saturated carbocycles. The molecule has 0 bridgehead atoms. The molecule has 0 radical (unpaired) electrons. The summed E-state index contributed by atoms with van der Waals surface area (Å²) < 4.78 is 1.37. The second-order valence-electron chi connectivity index (χ2n) is 2.96. The lowest BCUT2D eigenvalue weighted by molar-refractivity contribution is 0.765. The van der Waals surface area contributed by atoms with E-state index in [9.17, 15) is 4.79 Å². The minimum absolute atomic E-state index is 0.287. The van der Waals surface area contributed by atoms with Crippen molar-refractivity contribution in [2.45, 2.75) is 10.1 Å². The number of H-pyrrole nitrogens is 1. The molecule has 80 valence electrons. The predicted molar refractivity (Wildman–Crippen MR) is 56.9 cm³/mol. The van der Waals surface area contributed by atoms with E-state index in [1.54, 1.807) is 25.5 Å². The van der Waals surface area contributed by atoms with Gasteiger partial charge in [-0.1, -0.05) is 0 Å². The van der Waals surface area contributed by atoms with E-state index in [1.807, 2.05) is 0 Å². The summed E-state index contributed by atoms with van der Waals surface area (Å²) in [7, 11) is 1.61. The Bertz CT molecular complexity index is 609. The fourth-order valence-corrected chi connectivity index (χ4v) is 1.92. The van der Waals surface area contributed by atoms with Gasteiger partial charge in [-0.05, 0) is 17.8 Å². The highest BCUT2D eigenvalue weighted by molar-refractivity contribution is 7.99. The van der Waals surface area contributed by atoms with Crippen LogP contribution in [-0.2, 0) is 7.05 Å². The van der Waals surface area contributed by atoms with Crippen LogP contribution in [0.4, 0.5) is 0 Å². The van der Waals surface area contributed by atoms with Gasteiger partial charge in [0.25, 0.3) is 0 Å². The molecule has 0 spiro atoms. The van der Waals surface area contributed by atoms with Gasteiger partial charge in [0.05, 0.1) is 10.5 Å². The van der Waals surface area contributed by atoms with Gasteiger partial charge in [0.15, 0.2) is 5.16 Å². The van der Waals surface area contributed by atoms with Crippen molar-refractivity contribution >= 4 is 11.8 Å². The number of nitriles is 1. The van der Waals surface area contributed by atoms with E-state index in [1.165, 1.54) is 16.3 Å². The molecule has 0 atom stereocenters. The van der Waals surface area contributed by atoms with Gasteiger partial charge in [0, 0.05) is 19.4 Å². The van der Waals surface area contributed by atoms with Crippen molar-refractivity contribution in [2.24, 2.45) is 7.05 Å². The summed E-state index contributed by atoms with van der Waals surface area (Å²) in [5.74, 6) is 0. The zero-order chi connectivity index (χ0) is 11.5. The Morgan fingerprint density at radius 2 is 2.44 bits per heavy atom. The monoisotopic (exact) mass is 233 g/mol. The van der Waals surface area contributed by atoms with Crippen LogP contribution >= 0.6 is 11.8 Å². The second-order valence-corrected chi connectivity index (χ2v) is 3.97. The lowest BCUT2D eigenvalue weighted by Crippen LogP contribution is -2.12. The fraction of sp³-hybridized carbons (Fsp3) is 0.111. The summed E-state index contributed by atoms with van der Waals surface area (Å²) in [6, 6.07) is 3.67. The normalized spacial score (nSPS) is 10.0. The number of nitrogens with zero attached hydrogens (tertiary/aromatic N) is 4. The number of hydrogen-bond acceptors (Lipinski definition) is 5. The average molecular weight is 233 g/mol. The topological polar surface area (TPSA) is 87.4 Å². The highest BCUT2D eigenvalue weighted by Gasteiger charge is 2.09. The molecule has 0 amide bonds. The van der Waals surface area contributed by atoms with Crippen molar-refractivity contribution in [3.05, 3.63) is 34.5 Å². The lowest BCUT2D eigenvalue weighted by Gasteiger charge is -2.00. The van der Waals surface area contributed by atoms with Crippen LogP contribution in [0, 0.1) is 11.3 Å². The van der Waals surface area contributed by atoms with Crippen LogP contribution < -0.4 is 5.69 Å². The Labute approximate surface area is 94.9 Å². The number of nitrogens with one attached hydrogen (secondary N) is 1. The first kappa shape index (κ1) is 10.4. The number of hydrogen-bond donors (Lipinski definition) is 1. The molecule has 2 aromatic heterocycles. The van der Waals surface area contributed by atoms with Crippen molar-refractivity contribution in [1.29, 1.82) is 5.26 Å². The Balaban J connectivity index is 2.38. The van der Waals surface area contributed by atoms with E-state index in [-0.39, 0.29) is 5.69 Å². The van der Waals surface area contributed by atoms with Crippen LogP contribution in [0.5, 0.6) is 0 Å². The maximum absolute atomic E-state index is 11.1. The largest absolute Gasteiger partial charge is 0.343 e. The zero-order valence-corrected chi connectivity index (χ0v) is 9.15. The van der Waals surface area contributed by atoms with Crippen molar-refractivity contribution in [3.63, 3.8) is 0 Å². The first-order valence-electron chi connectivity index (χ1n) is 4.35. The predicted octanol–water partition coefficient (Wildman–Crippen LogP) is 0.526. The third-order valence-corrected chi connectivity index (χ3v) is 3.04. The highest BCUT2D eigenvalue weighted by atomic mass is 32.2. The van der Waals surface area contributed by atoms with Crippen LogP contribution in [-0.4, -0.2) is 19.7 Å². The van der Waals surface area contributed by atoms with Crippen molar-refractivity contribution in [3.8, 4) is 6.07 Å². The van der Waals surface area contributed by atoms with E-state index >= 15 is 0 Å². The first-order valence-corrected chi connectivity index (χ1v) is 5.17. The van der Waals surface area contributed by atoms with Crippen LogP contribution in [0.3, 0.4) is 0 Å². The molecule has 0 aliphatic carbocycles. The van der Waals surface area contributed by atoms with Gasteiger partial charge in [-0.15, -0.1) is 5.10 Å². The molecule has 2 heterocycles. The summed E-state index contributed by atoms with van der Waals surface area (Å²) in [6.07, 6.45) is 3.12. The number of rotatable bonds is 2. The number of aromatic nitrogens is 4. The molecule has 0 aliphatic heterocycles. The molecule has 16 heavy (non-hydrogen) atoms. The molecule has 2 rings (SSSR count). The summed E-state index contributed by atoms with van der Waals surface area (Å²) in [4.78, 5) is 15.7. The molecule has 0 unspecified atom stereocenters. The van der Waals surface area contributed by atoms with E-state index in [4.69, 9.17) is 5.26 Å². The molecule has 0 aromatic carbocycles. The van der Waals surface area contributed by atoms with Crippen molar-refractivity contribution in [1.82, 2.24) is 19.7 Å². The third kappa shape index (κ3) is 1.83. The summed E-state index contributed by atoms with van der Waals surface area (Å²) >= 11 is 1.22. The Kier molecular flexibility index (Phi) is 2.74. The Morgan fingerprint density at radius 1 is 1.62 bits per heavy atom. The van der Waals surface area contributed by atoms with Gasteiger partial charge in [-0.2, -0.15) is 5.26 Å². The van der Waals surface area contributed by atoms with Crippen LogP contribution in [0.1, 0.15) is 5.56 Å². The molecule has 7 heteroatoms. The van der Waals surface area contributed by atoms with Crippen molar-refractivity contribution < 1.29 is 0 Å². The van der Waals surface area contributed by atoms with Gasteiger partial charge >= 0.3 is 5.69 Å². The highest BCUT2D eigenvalue weighted by Crippen LogP contribution is 2.26. The van der Waals surface area contributed by atoms with E-state index < -0.39 is 0 Å². The van der Waals surface area contributed by atoms with E-state index in [0.717, 1.165) is 0 Å². The quantitative estimate of drug-likeness (QED) is 0.817. The Morgan fingerprint density at radius 3 is 3.06 bits per heavy atom. The number of pyridine rings is 1. The van der Waals surface area contributed by atoms with Gasteiger partial charge in [0.2, 0.25) is 0 Å². The fourth-order valence-electron chi connectivity index (χ4n) is 1.08. The smallest absolute Gasteiger partial charge is 0.273 e. The van der Waals surface area contributed by atoms with E-state index in [2.05, 4.69) is 21.3 Å². The second kappa shape index (κ2) is 4.20. The Hall–Kier alpha value is -2.07. The summed E-state index contributed by atoms with van der Waals surface area (Å²) in [6.45, 7) is 0. The first-order chi connectivity index (χ1) is 7.72. The molecule has 1 N–H and O–H groups in total. The molecular formula is C9H7N5OS. The zero-order valence-electron chi connectivity index (χ0n) is 8.34. The number of aromatic amines is 1. The molecule has 0 fully saturated rings. The van der Waals surface area contributed by atoms with Gasteiger partial charge in [-0.3, -0.25) is 9.55 Å². The molecule has 6 nitrogen and oxygen atoms in total. The maximum Gasteiger partial charge on any atom is 0.343 e. The molecule has 0 aliphatic rings. The SMILES string of the molecule is Cn1c(Sc2cnccc2C#N)n[nH]c1=O. The van der Waals surface area contributed by atoms with Gasteiger partial charge < -0.3 is 0 Å². The minimum atomic E-state index is -0.287. The molecular weight excluding hydrogens is 226 g/mol. The van der Waals surface area contributed by atoms with Crippen molar-refractivity contribution in [2.75, 3.05) is 0 Å². The lowest BCUT2D eigenvalue weighted by atomic mass is 10.3. The average Bonchev–Trinajstić information content (AvgIpc) is 2.62.